The Balaban J connectivity index is 2.19. The van der Waals surface area contributed by atoms with Gasteiger partial charge in [0, 0.05) is 13.2 Å². The van der Waals surface area contributed by atoms with Crippen molar-refractivity contribution in [2.75, 3.05) is 0 Å². The molecule has 0 aromatic carbocycles. The fraction of sp³-hybridized carbons (Fsp3) is 0.636. The van der Waals surface area contributed by atoms with Crippen LogP contribution in [0.5, 0.6) is 0 Å². The Morgan fingerprint density at radius 3 is 2.67 bits per heavy atom. The average molecular weight is 208 g/mol. The third-order valence-electron chi connectivity index (χ3n) is 3.07. The average Bonchev–Trinajstić information content (AvgIpc) is 2.65. The van der Waals surface area contributed by atoms with Gasteiger partial charge < -0.3 is 5.11 Å². The Morgan fingerprint density at radius 1 is 1.47 bits per heavy atom. The summed E-state index contributed by atoms with van der Waals surface area (Å²) in [5.41, 5.74) is -0.622. The van der Waals surface area contributed by atoms with Gasteiger partial charge in [0.1, 0.15) is 5.60 Å². The third kappa shape index (κ3) is 1.95. The van der Waals surface area contributed by atoms with Crippen molar-refractivity contribution in [3.63, 3.8) is 0 Å². The number of rotatable bonds is 2. The van der Waals surface area contributed by atoms with Gasteiger partial charge in [0.05, 0.1) is 11.8 Å². The van der Waals surface area contributed by atoms with E-state index in [0.717, 1.165) is 19.3 Å². The monoisotopic (exact) mass is 208 g/mol. The summed E-state index contributed by atoms with van der Waals surface area (Å²) in [4.78, 5) is 12.0. The molecule has 15 heavy (non-hydrogen) atoms. The summed E-state index contributed by atoms with van der Waals surface area (Å²) in [5, 5.41) is 14.2. The Kier molecular flexibility index (Phi) is 2.61. The highest BCUT2D eigenvalue weighted by Gasteiger charge is 2.37. The van der Waals surface area contributed by atoms with E-state index in [1.54, 1.807) is 17.9 Å². The van der Waals surface area contributed by atoms with Crippen LogP contribution in [-0.4, -0.2) is 26.3 Å². The molecule has 1 aromatic heterocycles. The van der Waals surface area contributed by atoms with Crippen LogP contribution in [-0.2, 0) is 7.05 Å². The van der Waals surface area contributed by atoms with Crippen LogP contribution in [0, 0.1) is 0 Å². The van der Waals surface area contributed by atoms with Crippen LogP contribution < -0.4 is 0 Å². The summed E-state index contributed by atoms with van der Waals surface area (Å²) in [7, 11) is 1.77. The van der Waals surface area contributed by atoms with Crippen molar-refractivity contribution in [1.82, 2.24) is 9.78 Å². The van der Waals surface area contributed by atoms with E-state index in [1.165, 1.54) is 6.20 Å². The molecular weight excluding hydrogens is 192 g/mol. The topological polar surface area (TPSA) is 55.1 Å². The van der Waals surface area contributed by atoms with Gasteiger partial charge >= 0.3 is 0 Å². The summed E-state index contributed by atoms with van der Waals surface area (Å²) >= 11 is 0. The van der Waals surface area contributed by atoms with Crippen molar-refractivity contribution < 1.29 is 9.90 Å². The zero-order chi connectivity index (χ0) is 10.9. The summed E-state index contributed by atoms with van der Waals surface area (Å²) in [6.07, 6.45) is 7.33. The fourth-order valence-corrected chi connectivity index (χ4v) is 2.17. The molecule has 1 heterocycles. The van der Waals surface area contributed by atoms with Crippen molar-refractivity contribution in [3.05, 3.63) is 18.0 Å². The SMILES string of the molecule is Cn1cc(C(=O)C2(O)CCCCC2)cn1. The van der Waals surface area contributed by atoms with Crippen LogP contribution in [0.15, 0.2) is 12.4 Å². The van der Waals surface area contributed by atoms with Crippen LogP contribution in [0.3, 0.4) is 0 Å². The van der Waals surface area contributed by atoms with Gasteiger partial charge in [-0.25, -0.2) is 0 Å². The highest BCUT2D eigenvalue weighted by molar-refractivity contribution is 6.01. The highest BCUT2D eigenvalue weighted by atomic mass is 16.3. The lowest BCUT2D eigenvalue weighted by Crippen LogP contribution is -2.40. The smallest absolute Gasteiger partial charge is 0.197 e. The van der Waals surface area contributed by atoms with Crippen molar-refractivity contribution >= 4 is 5.78 Å². The maximum atomic E-state index is 12.0. The molecule has 0 aliphatic heterocycles. The molecule has 4 heteroatoms. The molecule has 0 bridgehead atoms. The lowest BCUT2D eigenvalue weighted by molar-refractivity contribution is 0.0116. The maximum absolute atomic E-state index is 12.0. The number of nitrogens with zero attached hydrogens (tertiary/aromatic N) is 2. The van der Waals surface area contributed by atoms with Crippen LogP contribution >= 0.6 is 0 Å². The second kappa shape index (κ2) is 3.77. The first-order valence-electron chi connectivity index (χ1n) is 5.38. The van der Waals surface area contributed by atoms with Crippen molar-refractivity contribution in [2.45, 2.75) is 37.7 Å². The van der Waals surface area contributed by atoms with E-state index < -0.39 is 5.60 Å². The van der Waals surface area contributed by atoms with E-state index in [9.17, 15) is 9.90 Å². The van der Waals surface area contributed by atoms with Gasteiger partial charge in [-0.2, -0.15) is 5.10 Å². The second-order valence-electron chi connectivity index (χ2n) is 4.32. The largest absolute Gasteiger partial charge is 0.382 e. The van der Waals surface area contributed by atoms with Gasteiger partial charge in [0.15, 0.2) is 5.78 Å². The molecule has 4 nitrogen and oxygen atoms in total. The molecule has 1 aromatic rings. The number of aromatic nitrogens is 2. The number of carbonyl (C=O) groups is 1. The molecule has 1 aliphatic rings. The van der Waals surface area contributed by atoms with E-state index in [4.69, 9.17) is 0 Å². The molecular formula is C11H16N2O2. The fourth-order valence-electron chi connectivity index (χ4n) is 2.17. The van der Waals surface area contributed by atoms with E-state index in [1.807, 2.05) is 0 Å². The van der Waals surface area contributed by atoms with Crippen LogP contribution in [0.2, 0.25) is 0 Å². The summed E-state index contributed by atoms with van der Waals surface area (Å²) < 4.78 is 1.58. The molecule has 1 aliphatic carbocycles. The molecule has 1 N–H and O–H groups in total. The minimum atomic E-state index is -1.14. The normalized spacial score (nSPS) is 20.1. The lowest BCUT2D eigenvalue weighted by atomic mass is 9.80. The molecule has 0 unspecified atom stereocenters. The van der Waals surface area contributed by atoms with Gasteiger partial charge in [-0.05, 0) is 12.8 Å². The first kappa shape index (κ1) is 10.4. The number of Topliss-reactive ketones (excluding diaryl/α,β-unsaturated/α-hetero) is 1. The predicted octanol–water partition coefficient (Wildman–Crippen LogP) is 1.30. The van der Waals surface area contributed by atoms with E-state index in [-0.39, 0.29) is 5.78 Å². The number of aryl methyl sites for hydroxylation is 1. The minimum Gasteiger partial charge on any atom is -0.382 e. The number of hydrogen-bond donors (Lipinski definition) is 1. The van der Waals surface area contributed by atoms with Crippen molar-refractivity contribution in [3.8, 4) is 0 Å². The van der Waals surface area contributed by atoms with Gasteiger partial charge in [-0.15, -0.1) is 0 Å². The Hall–Kier alpha value is -1.16. The van der Waals surface area contributed by atoms with Crippen LogP contribution in [0.1, 0.15) is 42.5 Å². The van der Waals surface area contributed by atoms with Crippen molar-refractivity contribution in [1.29, 1.82) is 0 Å². The summed E-state index contributed by atoms with van der Waals surface area (Å²) in [6, 6.07) is 0. The number of carbonyl (C=O) groups excluding carboxylic acids is 1. The molecule has 0 amide bonds. The Morgan fingerprint density at radius 2 is 2.13 bits per heavy atom. The molecule has 82 valence electrons. The number of ketones is 1. The first-order valence-corrected chi connectivity index (χ1v) is 5.38. The van der Waals surface area contributed by atoms with E-state index in [2.05, 4.69) is 5.10 Å². The van der Waals surface area contributed by atoms with Crippen molar-refractivity contribution in [2.24, 2.45) is 7.05 Å². The Bertz CT molecular complexity index is 364. The molecule has 2 rings (SSSR count). The zero-order valence-electron chi connectivity index (χ0n) is 8.94. The Labute approximate surface area is 88.9 Å². The summed E-state index contributed by atoms with van der Waals surface area (Å²) in [6.45, 7) is 0. The van der Waals surface area contributed by atoms with Gasteiger partial charge in [0.2, 0.25) is 0 Å². The van der Waals surface area contributed by atoms with E-state index in [0.29, 0.717) is 18.4 Å². The van der Waals surface area contributed by atoms with Gasteiger partial charge in [-0.1, -0.05) is 19.3 Å². The van der Waals surface area contributed by atoms with E-state index >= 15 is 0 Å². The first-order chi connectivity index (χ1) is 7.12. The molecule has 0 spiro atoms. The standard InChI is InChI=1S/C11H16N2O2/c1-13-8-9(7-12-13)10(14)11(15)5-3-2-4-6-11/h7-8,15H,2-6H2,1H3. The molecule has 0 radical (unpaired) electrons. The van der Waals surface area contributed by atoms with Gasteiger partial charge in [0.25, 0.3) is 0 Å². The van der Waals surface area contributed by atoms with Crippen LogP contribution in [0.4, 0.5) is 0 Å². The highest BCUT2D eigenvalue weighted by Crippen LogP contribution is 2.30. The molecule has 1 saturated carbocycles. The molecule has 0 atom stereocenters. The predicted molar refractivity (Wildman–Crippen MR) is 55.6 cm³/mol. The molecule has 0 saturated heterocycles. The summed E-state index contributed by atoms with van der Waals surface area (Å²) in [5.74, 6) is -0.171. The van der Waals surface area contributed by atoms with Crippen LogP contribution in [0.25, 0.3) is 0 Å². The lowest BCUT2D eigenvalue weighted by Gasteiger charge is -2.29. The minimum absolute atomic E-state index is 0.171. The van der Waals surface area contributed by atoms with Gasteiger partial charge in [-0.3, -0.25) is 9.48 Å². The number of aliphatic hydroxyl groups is 1. The molecule has 1 fully saturated rings. The third-order valence-corrected chi connectivity index (χ3v) is 3.07. The second-order valence-corrected chi connectivity index (χ2v) is 4.32. The number of hydrogen-bond acceptors (Lipinski definition) is 3. The quantitative estimate of drug-likeness (QED) is 0.745. The maximum Gasteiger partial charge on any atom is 0.197 e. The zero-order valence-corrected chi connectivity index (χ0v) is 8.94.